The fraction of sp³-hybridized carbons (Fsp3) is 0.455. The van der Waals surface area contributed by atoms with Crippen LogP contribution in [0.5, 0.6) is 0 Å². The zero-order valence-corrected chi connectivity index (χ0v) is 9.95. The van der Waals surface area contributed by atoms with E-state index in [0.717, 1.165) is 11.5 Å². The van der Waals surface area contributed by atoms with Crippen molar-refractivity contribution in [2.24, 2.45) is 0 Å². The number of nitrogens with two attached hydrogens (primary N) is 1. The number of rotatable bonds is 4. The van der Waals surface area contributed by atoms with Crippen LogP contribution in [0, 0.1) is 6.92 Å². The van der Waals surface area contributed by atoms with Gasteiger partial charge < -0.3 is 16.0 Å². The maximum absolute atomic E-state index is 11.1. The molecule has 0 unspecified atom stereocenters. The summed E-state index contributed by atoms with van der Waals surface area (Å²) < 4.78 is 0. The monoisotopic (exact) mass is 222 g/mol. The van der Waals surface area contributed by atoms with Crippen LogP contribution in [0.4, 0.5) is 11.5 Å². The molecule has 3 N–H and O–H groups in total. The third-order valence-corrected chi connectivity index (χ3v) is 2.36. The Morgan fingerprint density at radius 2 is 2.25 bits per heavy atom. The molecule has 1 heterocycles. The SMILES string of the molecule is CNC(=O)CCN(C)c1nc(C)ccc1N. The van der Waals surface area contributed by atoms with E-state index < -0.39 is 0 Å². The molecule has 0 aromatic carbocycles. The zero-order chi connectivity index (χ0) is 12.1. The number of aromatic nitrogens is 1. The molecule has 0 aliphatic rings. The van der Waals surface area contributed by atoms with Crippen molar-refractivity contribution in [3.05, 3.63) is 17.8 Å². The number of hydrogen-bond donors (Lipinski definition) is 2. The van der Waals surface area contributed by atoms with E-state index in [1.54, 1.807) is 7.05 Å². The van der Waals surface area contributed by atoms with Gasteiger partial charge in [-0.25, -0.2) is 4.98 Å². The number of nitrogens with one attached hydrogen (secondary N) is 1. The standard InChI is InChI=1S/C11H18N4O/c1-8-4-5-9(12)11(14-8)15(3)7-6-10(16)13-2/h4-5H,6-7,12H2,1-3H3,(H,13,16). The minimum atomic E-state index is 0.0121. The molecule has 0 aliphatic heterocycles. The average Bonchev–Trinajstić information content (AvgIpc) is 2.28. The molecule has 1 rings (SSSR count). The molecule has 0 saturated carbocycles. The Hall–Kier alpha value is -1.78. The Balaban J connectivity index is 2.68. The Labute approximate surface area is 95.7 Å². The number of nitrogens with zero attached hydrogens (tertiary/aromatic N) is 2. The predicted octanol–water partition coefficient (Wildman–Crippen LogP) is 0.545. The fourth-order valence-electron chi connectivity index (χ4n) is 1.36. The fourth-order valence-corrected chi connectivity index (χ4v) is 1.36. The lowest BCUT2D eigenvalue weighted by molar-refractivity contribution is -0.120. The minimum Gasteiger partial charge on any atom is -0.396 e. The highest BCUT2D eigenvalue weighted by Crippen LogP contribution is 2.19. The van der Waals surface area contributed by atoms with Crippen molar-refractivity contribution < 1.29 is 4.79 Å². The van der Waals surface area contributed by atoms with Crippen molar-refractivity contribution in [2.75, 3.05) is 31.3 Å². The molecule has 0 fully saturated rings. The van der Waals surface area contributed by atoms with Crippen molar-refractivity contribution in [1.29, 1.82) is 0 Å². The van der Waals surface area contributed by atoms with E-state index >= 15 is 0 Å². The number of pyridine rings is 1. The van der Waals surface area contributed by atoms with Gasteiger partial charge in [0, 0.05) is 32.8 Å². The lowest BCUT2D eigenvalue weighted by Gasteiger charge is -2.19. The van der Waals surface area contributed by atoms with Crippen LogP contribution in [0.3, 0.4) is 0 Å². The van der Waals surface area contributed by atoms with E-state index in [2.05, 4.69) is 10.3 Å². The largest absolute Gasteiger partial charge is 0.396 e. The van der Waals surface area contributed by atoms with Gasteiger partial charge in [-0.3, -0.25) is 4.79 Å². The van der Waals surface area contributed by atoms with E-state index in [4.69, 9.17) is 5.73 Å². The van der Waals surface area contributed by atoms with Crippen molar-refractivity contribution in [3.8, 4) is 0 Å². The Kier molecular flexibility index (Phi) is 4.10. The van der Waals surface area contributed by atoms with Crippen LogP contribution in [0.1, 0.15) is 12.1 Å². The van der Waals surface area contributed by atoms with E-state index in [9.17, 15) is 4.79 Å². The maximum atomic E-state index is 11.1. The van der Waals surface area contributed by atoms with Gasteiger partial charge in [-0.2, -0.15) is 0 Å². The summed E-state index contributed by atoms with van der Waals surface area (Å²) in [5.41, 5.74) is 7.37. The van der Waals surface area contributed by atoms with Crippen molar-refractivity contribution in [2.45, 2.75) is 13.3 Å². The van der Waals surface area contributed by atoms with Crippen molar-refractivity contribution in [3.63, 3.8) is 0 Å². The second-order valence-electron chi connectivity index (χ2n) is 3.71. The highest BCUT2D eigenvalue weighted by molar-refractivity contribution is 5.76. The van der Waals surface area contributed by atoms with Gasteiger partial charge in [-0.1, -0.05) is 0 Å². The zero-order valence-electron chi connectivity index (χ0n) is 9.95. The van der Waals surface area contributed by atoms with E-state index in [-0.39, 0.29) is 5.91 Å². The molecule has 0 atom stereocenters. The molecule has 0 aliphatic carbocycles. The molecule has 0 spiro atoms. The van der Waals surface area contributed by atoms with E-state index in [1.165, 1.54) is 0 Å². The van der Waals surface area contributed by atoms with Gasteiger partial charge >= 0.3 is 0 Å². The van der Waals surface area contributed by atoms with Gasteiger partial charge in [0.1, 0.15) is 0 Å². The molecule has 0 bridgehead atoms. The first-order valence-electron chi connectivity index (χ1n) is 5.19. The normalized spacial score (nSPS) is 9.94. The number of anilines is 2. The summed E-state index contributed by atoms with van der Waals surface area (Å²) in [4.78, 5) is 17.3. The van der Waals surface area contributed by atoms with Crippen LogP contribution in [-0.4, -0.2) is 31.5 Å². The van der Waals surface area contributed by atoms with E-state index in [1.807, 2.05) is 31.0 Å². The molecule has 1 amide bonds. The van der Waals surface area contributed by atoms with Gasteiger partial charge in [0.25, 0.3) is 0 Å². The first kappa shape index (κ1) is 12.3. The lowest BCUT2D eigenvalue weighted by atomic mass is 10.3. The average molecular weight is 222 g/mol. The number of nitrogen functional groups attached to an aromatic ring is 1. The Morgan fingerprint density at radius 1 is 1.56 bits per heavy atom. The number of aryl methyl sites for hydroxylation is 1. The molecular formula is C11H18N4O. The second-order valence-corrected chi connectivity index (χ2v) is 3.71. The third kappa shape index (κ3) is 3.12. The molecule has 0 saturated heterocycles. The summed E-state index contributed by atoms with van der Waals surface area (Å²) in [6.07, 6.45) is 0.433. The Morgan fingerprint density at radius 3 is 2.88 bits per heavy atom. The van der Waals surface area contributed by atoms with Crippen LogP contribution in [0.15, 0.2) is 12.1 Å². The maximum Gasteiger partial charge on any atom is 0.221 e. The van der Waals surface area contributed by atoms with Gasteiger partial charge in [-0.05, 0) is 19.1 Å². The highest BCUT2D eigenvalue weighted by Gasteiger charge is 2.08. The molecule has 5 nitrogen and oxygen atoms in total. The topological polar surface area (TPSA) is 71.2 Å². The van der Waals surface area contributed by atoms with Crippen LogP contribution >= 0.6 is 0 Å². The summed E-state index contributed by atoms with van der Waals surface area (Å²) >= 11 is 0. The Bertz CT molecular complexity index is 378. The molecule has 1 aromatic heterocycles. The summed E-state index contributed by atoms with van der Waals surface area (Å²) in [5.74, 6) is 0.738. The van der Waals surface area contributed by atoms with Gasteiger partial charge in [0.2, 0.25) is 5.91 Å². The molecule has 16 heavy (non-hydrogen) atoms. The van der Waals surface area contributed by atoms with Crippen LogP contribution in [-0.2, 0) is 4.79 Å². The molecule has 88 valence electrons. The van der Waals surface area contributed by atoms with Gasteiger partial charge in [0.05, 0.1) is 5.69 Å². The van der Waals surface area contributed by atoms with Crippen LogP contribution in [0.25, 0.3) is 0 Å². The van der Waals surface area contributed by atoms with Gasteiger partial charge in [-0.15, -0.1) is 0 Å². The number of hydrogen-bond acceptors (Lipinski definition) is 4. The van der Waals surface area contributed by atoms with E-state index in [0.29, 0.717) is 18.7 Å². The van der Waals surface area contributed by atoms with Crippen molar-refractivity contribution in [1.82, 2.24) is 10.3 Å². The number of carbonyl (C=O) groups is 1. The van der Waals surface area contributed by atoms with Gasteiger partial charge in [0.15, 0.2) is 5.82 Å². The summed E-state index contributed by atoms with van der Waals surface area (Å²) in [5, 5.41) is 2.58. The number of amides is 1. The molecule has 1 aromatic rings. The third-order valence-electron chi connectivity index (χ3n) is 2.36. The smallest absolute Gasteiger partial charge is 0.221 e. The summed E-state index contributed by atoms with van der Waals surface area (Å²) in [6, 6.07) is 3.69. The predicted molar refractivity (Wildman–Crippen MR) is 65.3 cm³/mol. The summed E-state index contributed by atoms with van der Waals surface area (Å²) in [6.45, 7) is 2.51. The molecule has 5 heteroatoms. The number of carbonyl (C=O) groups excluding carboxylic acids is 1. The first-order chi connectivity index (χ1) is 7.54. The summed E-state index contributed by atoms with van der Waals surface area (Å²) in [7, 11) is 3.50. The second kappa shape index (κ2) is 5.34. The molecular weight excluding hydrogens is 204 g/mol. The van der Waals surface area contributed by atoms with Crippen LogP contribution in [0.2, 0.25) is 0 Å². The van der Waals surface area contributed by atoms with Crippen molar-refractivity contribution >= 4 is 17.4 Å². The quantitative estimate of drug-likeness (QED) is 0.780. The highest BCUT2D eigenvalue weighted by atomic mass is 16.1. The molecule has 0 radical (unpaired) electrons. The minimum absolute atomic E-state index is 0.0121. The lowest BCUT2D eigenvalue weighted by Crippen LogP contribution is -2.27. The van der Waals surface area contributed by atoms with Crippen LogP contribution < -0.4 is 16.0 Å². The first-order valence-corrected chi connectivity index (χ1v) is 5.19.